The Balaban J connectivity index is 1.65. The summed E-state index contributed by atoms with van der Waals surface area (Å²) in [5.41, 5.74) is 9.73. The van der Waals surface area contributed by atoms with E-state index >= 15 is 0 Å². The van der Waals surface area contributed by atoms with Crippen LogP contribution in [0.2, 0.25) is 0 Å². The molecular formula is C24H34N4O2. The topological polar surface area (TPSA) is 79.0 Å². The molecule has 3 aliphatic heterocycles. The van der Waals surface area contributed by atoms with Crippen LogP contribution in [0.1, 0.15) is 57.1 Å². The molecule has 1 aliphatic carbocycles. The Morgan fingerprint density at radius 2 is 1.80 bits per heavy atom. The van der Waals surface area contributed by atoms with Gasteiger partial charge in [0.05, 0.1) is 5.69 Å². The lowest BCUT2D eigenvalue weighted by atomic mass is 9.84. The van der Waals surface area contributed by atoms with E-state index in [2.05, 4.69) is 18.8 Å². The number of aliphatic imine (C=N–C) groups is 1. The van der Waals surface area contributed by atoms with Gasteiger partial charge in [-0.05, 0) is 62.3 Å². The van der Waals surface area contributed by atoms with Gasteiger partial charge in [-0.2, -0.15) is 0 Å². The van der Waals surface area contributed by atoms with Crippen LogP contribution in [0.25, 0.3) is 0 Å². The number of anilines is 1. The molecular weight excluding hydrogens is 376 g/mol. The van der Waals surface area contributed by atoms with Crippen LogP contribution in [0.4, 0.5) is 5.69 Å². The van der Waals surface area contributed by atoms with Gasteiger partial charge in [0.1, 0.15) is 6.54 Å². The van der Waals surface area contributed by atoms with Gasteiger partial charge in [-0.1, -0.05) is 32.0 Å². The Hall–Kier alpha value is -2.21. The number of hydrogen-bond acceptors (Lipinski definition) is 4. The van der Waals surface area contributed by atoms with Crippen molar-refractivity contribution in [3.8, 4) is 0 Å². The van der Waals surface area contributed by atoms with E-state index in [0.29, 0.717) is 17.8 Å². The zero-order chi connectivity index (χ0) is 21.4. The number of benzodiazepines with no additional fused rings is 1. The third-order valence-corrected chi connectivity index (χ3v) is 6.80. The molecule has 0 radical (unpaired) electrons. The van der Waals surface area contributed by atoms with E-state index < -0.39 is 6.17 Å². The van der Waals surface area contributed by atoms with Gasteiger partial charge in [0.25, 0.3) is 5.91 Å². The highest BCUT2D eigenvalue weighted by atomic mass is 16.2. The third kappa shape index (κ3) is 4.15. The van der Waals surface area contributed by atoms with Crippen molar-refractivity contribution in [2.45, 2.75) is 59.0 Å². The van der Waals surface area contributed by atoms with Crippen molar-refractivity contribution < 1.29 is 9.59 Å². The molecule has 1 atom stereocenters. The summed E-state index contributed by atoms with van der Waals surface area (Å²) in [6.45, 7) is 7.92. The summed E-state index contributed by atoms with van der Waals surface area (Å²) in [4.78, 5) is 34.7. The fourth-order valence-corrected chi connectivity index (χ4v) is 5.25. The number of fused-ring (bicyclic) bond motifs is 5. The number of benzene rings is 1. The Morgan fingerprint density at radius 1 is 1.17 bits per heavy atom. The Kier molecular flexibility index (Phi) is 5.96. The van der Waals surface area contributed by atoms with Crippen LogP contribution in [0.15, 0.2) is 23.2 Å². The number of amides is 2. The first-order valence-corrected chi connectivity index (χ1v) is 11.3. The van der Waals surface area contributed by atoms with Crippen molar-refractivity contribution in [2.75, 3.05) is 24.5 Å². The number of carbonyl (C=O) groups excluding carboxylic acids is 2. The maximum atomic E-state index is 13.3. The lowest BCUT2D eigenvalue weighted by Gasteiger charge is -2.29. The fraction of sp³-hybridized carbons (Fsp3) is 0.625. The van der Waals surface area contributed by atoms with Gasteiger partial charge in [-0.25, -0.2) is 0 Å². The van der Waals surface area contributed by atoms with Crippen LogP contribution in [0.5, 0.6) is 0 Å². The molecule has 2 bridgehead atoms. The number of rotatable bonds is 4. The minimum Gasteiger partial charge on any atom is -0.341 e. The van der Waals surface area contributed by atoms with E-state index in [1.807, 2.05) is 30.0 Å². The van der Waals surface area contributed by atoms with E-state index in [0.717, 1.165) is 42.0 Å². The molecule has 2 N–H and O–H groups in total. The summed E-state index contributed by atoms with van der Waals surface area (Å²) in [5.74, 6) is 1.32. The van der Waals surface area contributed by atoms with Crippen LogP contribution >= 0.6 is 0 Å². The second-order valence-corrected chi connectivity index (χ2v) is 9.70. The number of nitrogens with two attached hydrogens (primary N) is 1. The molecule has 2 amide bonds. The first-order chi connectivity index (χ1) is 14.3. The van der Waals surface area contributed by atoms with E-state index in [1.54, 1.807) is 4.90 Å². The minimum absolute atomic E-state index is 0.0239. The molecule has 4 aliphatic rings. The maximum absolute atomic E-state index is 13.3. The smallest absolute Gasteiger partial charge is 0.266 e. The molecule has 2 saturated heterocycles. The third-order valence-electron chi connectivity index (χ3n) is 6.80. The monoisotopic (exact) mass is 410 g/mol. The summed E-state index contributed by atoms with van der Waals surface area (Å²) in [6.07, 6.45) is 4.65. The second-order valence-electron chi connectivity index (χ2n) is 9.70. The lowest BCUT2D eigenvalue weighted by Crippen LogP contribution is -2.49. The molecule has 0 aromatic heterocycles. The van der Waals surface area contributed by atoms with Crippen molar-refractivity contribution in [1.29, 1.82) is 0 Å². The highest BCUT2D eigenvalue weighted by Gasteiger charge is 2.36. The molecule has 3 heterocycles. The van der Waals surface area contributed by atoms with Gasteiger partial charge < -0.3 is 10.6 Å². The number of carbonyl (C=O) groups is 2. The first-order valence-electron chi connectivity index (χ1n) is 11.3. The van der Waals surface area contributed by atoms with Crippen molar-refractivity contribution in [2.24, 2.45) is 28.5 Å². The maximum Gasteiger partial charge on any atom is 0.266 e. The molecule has 3 fully saturated rings. The van der Waals surface area contributed by atoms with Crippen LogP contribution < -0.4 is 10.6 Å². The molecule has 0 spiro atoms. The van der Waals surface area contributed by atoms with Crippen molar-refractivity contribution in [3.05, 3.63) is 29.3 Å². The van der Waals surface area contributed by atoms with Crippen molar-refractivity contribution in [1.82, 2.24) is 4.90 Å². The van der Waals surface area contributed by atoms with Gasteiger partial charge in [0, 0.05) is 24.4 Å². The van der Waals surface area contributed by atoms with E-state index in [1.165, 1.54) is 25.7 Å². The summed E-state index contributed by atoms with van der Waals surface area (Å²) < 4.78 is 0. The zero-order valence-corrected chi connectivity index (χ0v) is 18.4. The van der Waals surface area contributed by atoms with Crippen molar-refractivity contribution >= 4 is 23.2 Å². The van der Waals surface area contributed by atoms with Crippen molar-refractivity contribution in [3.63, 3.8) is 0 Å². The minimum atomic E-state index is -0.973. The first kappa shape index (κ1) is 21.0. The van der Waals surface area contributed by atoms with E-state index in [4.69, 9.17) is 5.73 Å². The molecule has 6 nitrogen and oxygen atoms in total. The predicted octanol–water partition coefficient (Wildman–Crippen LogP) is 3.11. The largest absolute Gasteiger partial charge is 0.341 e. The van der Waals surface area contributed by atoms with E-state index in [-0.39, 0.29) is 18.4 Å². The van der Waals surface area contributed by atoms with Crippen LogP contribution in [-0.2, 0) is 9.59 Å². The molecule has 1 aromatic carbocycles. The summed E-state index contributed by atoms with van der Waals surface area (Å²) in [7, 11) is 0. The standard InChI is InChI=1S/C24H34N4O2/c1-15(2)11-20-19-6-4-5-16(3)22(19)28(24(30)23(25)26-20)14-21(29)27-12-17-7-8-18(13-27)10-9-17/h4-6,15,17-18,23H,7-14,25H2,1-3H3. The van der Waals surface area contributed by atoms with Gasteiger partial charge in [-0.15, -0.1) is 0 Å². The predicted molar refractivity (Wildman–Crippen MR) is 120 cm³/mol. The van der Waals surface area contributed by atoms with Gasteiger partial charge >= 0.3 is 0 Å². The number of nitrogens with zero attached hydrogens (tertiary/aromatic N) is 3. The average molecular weight is 411 g/mol. The molecule has 1 saturated carbocycles. The van der Waals surface area contributed by atoms with Gasteiger partial charge in [-0.3, -0.25) is 19.5 Å². The molecule has 5 rings (SSSR count). The normalized spacial score (nSPS) is 26.4. The number of aryl methyl sites for hydroxylation is 1. The van der Waals surface area contributed by atoms with Crippen LogP contribution in [0, 0.1) is 24.7 Å². The quantitative estimate of drug-likeness (QED) is 0.828. The Morgan fingerprint density at radius 3 is 2.40 bits per heavy atom. The summed E-state index contributed by atoms with van der Waals surface area (Å²) >= 11 is 0. The SMILES string of the molecule is Cc1cccc2c1N(CC(=O)N1CC3CCC(CC3)C1)C(=O)C(N)N=C2CC(C)C. The summed E-state index contributed by atoms with van der Waals surface area (Å²) in [5, 5.41) is 0. The number of hydrogen-bond donors (Lipinski definition) is 1. The second kappa shape index (κ2) is 8.50. The van der Waals surface area contributed by atoms with Crippen LogP contribution in [-0.4, -0.2) is 48.2 Å². The molecule has 6 heteroatoms. The molecule has 1 aromatic rings. The highest BCUT2D eigenvalue weighted by Crippen LogP contribution is 2.35. The summed E-state index contributed by atoms with van der Waals surface area (Å²) in [6, 6.07) is 5.97. The van der Waals surface area contributed by atoms with Gasteiger partial charge in [0.15, 0.2) is 6.17 Å². The molecule has 162 valence electrons. The number of para-hydroxylation sites is 1. The molecule has 30 heavy (non-hydrogen) atoms. The lowest BCUT2D eigenvalue weighted by molar-refractivity contribution is -0.132. The zero-order valence-electron chi connectivity index (χ0n) is 18.4. The Labute approximate surface area is 179 Å². The average Bonchev–Trinajstić information content (AvgIpc) is 3.08. The van der Waals surface area contributed by atoms with Crippen LogP contribution in [0.3, 0.4) is 0 Å². The Bertz CT molecular complexity index is 841. The van der Waals surface area contributed by atoms with Gasteiger partial charge in [0.2, 0.25) is 5.91 Å². The highest BCUT2D eigenvalue weighted by molar-refractivity contribution is 6.14. The van der Waals surface area contributed by atoms with E-state index in [9.17, 15) is 9.59 Å². The molecule has 1 unspecified atom stereocenters. The fourth-order valence-electron chi connectivity index (χ4n) is 5.25.